The van der Waals surface area contributed by atoms with Gasteiger partial charge in [-0.05, 0) is 63.5 Å². The summed E-state index contributed by atoms with van der Waals surface area (Å²) in [6.07, 6.45) is 3.16. The Bertz CT molecular complexity index is 1140. The molecule has 0 fully saturated rings. The molecule has 0 amide bonds. The highest BCUT2D eigenvalue weighted by atomic mass is 79.9. The number of rotatable bonds is 10. The van der Waals surface area contributed by atoms with Gasteiger partial charge >= 0.3 is 0 Å². The summed E-state index contributed by atoms with van der Waals surface area (Å²) in [6.45, 7) is 0.402. The van der Waals surface area contributed by atoms with E-state index in [4.69, 9.17) is 23.7 Å². The Morgan fingerprint density at radius 3 is 2.15 bits per heavy atom. The van der Waals surface area contributed by atoms with Gasteiger partial charge in [0.25, 0.3) is 0 Å². The van der Waals surface area contributed by atoms with E-state index in [2.05, 4.69) is 15.9 Å². The van der Waals surface area contributed by atoms with E-state index >= 15 is 0 Å². The van der Waals surface area contributed by atoms with Crippen LogP contribution in [0.5, 0.6) is 28.7 Å². The van der Waals surface area contributed by atoms with Gasteiger partial charge in [0.2, 0.25) is 5.75 Å². The van der Waals surface area contributed by atoms with Gasteiger partial charge in [-0.25, -0.2) is 0 Å². The summed E-state index contributed by atoms with van der Waals surface area (Å²) in [7, 11) is 6.15. The number of hydrogen-bond acceptors (Lipinski definition) is 6. The number of hydrogen-bond donors (Lipinski definition) is 0. The molecule has 3 rings (SSSR count). The number of ketones is 1. The van der Waals surface area contributed by atoms with E-state index < -0.39 is 0 Å². The highest BCUT2D eigenvalue weighted by Gasteiger charge is 2.18. The van der Waals surface area contributed by atoms with Gasteiger partial charge in [0.15, 0.2) is 28.8 Å². The molecule has 0 aliphatic heterocycles. The fraction of sp³-hybridized carbons (Fsp3) is 0.192. The Morgan fingerprint density at radius 1 is 0.818 bits per heavy atom. The molecule has 0 heterocycles. The minimum Gasteiger partial charge on any atom is -0.493 e. The summed E-state index contributed by atoms with van der Waals surface area (Å²) in [5.41, 5.74) is 2.21. The Kier molecular flexibility index (Phi) is 8.38. The first kappa shape index (κ1) is 24.2. The Balaban J connectivity index is 1.81. The summed E-state index contributed by atoms with van der Waals surface area (Å²) in [5, 5.41) is 0. The maximum absolute atomic E-state index is 12.8. The van der Waals surface area contributed by atoms with Gasteiger partial charge in [0, 0.05) is 5.56 Å². The molecule has 0 radical (unpaired) electrons. The molecule has 0 aliphatic rings. The average molecular weight is 513 g/mol. The van der Waals surface area contributed by atoms with Crippen LogP contribution in [-0.4, -0.2) is 34.2 Å². The Labute approximate surface area is 201 Å². The number of carbonyl (C=O) groups is 1. The molecule has 3 aromatic carbocycles. The van der Waals surface area contributed by atoms with Gasteiger partial charge in [-0.1, -0.05) is 30.3 Å². The van der Waals surface area contributed by atoms with E-state index in [0.29, 0.717) is 51.0 Å². The molecule has 0 unspecified atom stereocenters. The first-order valence-corrected chi connectivity index (χ1v) is 10.9. The van der Waals surface area contributed by atoms with Crippen molar-refractivity contribution in [3.8, 4) is 28.7 Å². The van der Waals surface area contributed by atoms with Crippen LogP contribution >= 0.6 is 15.9 Å². The zero-order valence-electron chi connectivity index (χ0n) is 18.9. The lowest BCUT2D eigenvalue weighted by Crippen LogP contribution is -2.00. The van der Waals surface area contributed by atoms with Crippen LogP contribution in [0.4, 0.5) is 0 Å². The maximum atomic E-state index is 12.8. The molecule has 0 aromatic heterocycles. The van der Waals surface area contributed by atoms with Gasteiger partial charge in [-0.15, -0.1) is 0 Å². The number of ether oxygens (including phenoxy) is 5. The van der Waals surface area contributed by atoms with Crippen molar-refractivity contribution in [3.05, 3.63) is 81.8 Å². The van der Waals surface area contributed by atoms with Crippen molar-refractivity contribution in [1.82, 2.24) is 0 Å². The summed E-state index contributed by atoms with van der Waals surface area (Å²) >= 11 is 3.51. The van der Waals surface area contributed by atoms with Gasteiger partial charge in [0.05, 0.1) is 32.9 Å². The third kappa shape index (κ3) is 5.68. The Hall–Kier alpha value is -3.45. The van der Waals surface area contributed by atoms with E-state index in [1.165, 1.54) is 27.4 Å². The molecule has 0 saturated carbocycles. The van der Waals surface area contributed by atoms with E-state index in [1.807, 2.05) is 30.3 Å². The smallest absolute Gasteiger partial charge is 0.204 e. The molecule has 172 valence electrons. The normalized spacial score (nSPS) is 10.7. The summed E-state index contributed by atoms with van der Waals surface area (Å²) in [4.78, 5) is 12.8. The lowest BCUT2D eigenvalue weighted by atomic mass is 10.1. The van der Waals surface area contributed by atoms with Gasteiger partial charge < -0.3 is 23.7 Å². The molecule has 7 heteroatoms. The molecule has 0 atom stereocenters. The average Bonchev–Trinajstić information content (AvgIpc) is 2.86. The highest BCUT2D eigenvalue weighted by molar-refractivity contribution is 9.10. The maximum Gasteiger partial charge on any atom is 0.204 e. The number of benzene rings is 3. The predicted octanol–water partition coefficient (Wildman–Crippen LogP) is 5.96. The molecule has 0 aliphatic carbocycles. The summed E-state index contributed by atoms with van der Waals surface area (Å²) < 4.78 is 28.2. The fourth-order valence-electron chi connectivity index (χ4n) is 3.20. The van der Waals surface area contributed by atoms with Crippen molar-refractivity contribution in [2.24, 2.45) is 0 Å². The highest BCUT2D eigenvalue weighted by Crippen LogP contribution is 2.45. The fourth-order valence-corrected chi connectivity index (χ4v) is 3.79. The molecule has 0 N–H and O–H groups in total. The van der Waals surface area contributed by atoms with Crippen LogP contribution in [-0.2, 0) is 6.61 Å². The second kappa shape index (κ2) is 11.4. The lowest BCUT2D eigenvalue weighted by Gasteiger charge is -2.15. The molecule has 33 heavy (non-hydrogen) atoms. The zero-order chi connectivity index (χ0) is 23.8. The van der Waals surface area contributed by atoms with E-state index in [9.17, 15) is 4.79 Å². The quantitative estimate of drug-likeness (QED) is 0.246. The van der Waals surface area contributed by atoms with Crippen LogP contribution in [0.25, 0.3) is 6.08 Å². The zero-order valence-corrected chi connectivity index (χ0v) is 20.5. The largest absolute Gasteiger partial charge is 0.493 e. The van der Waals surface area contributed by atoms with Gasteiger partial charge in [0.1, 0.15) is 6.61 Å². The molecule has 0 spiro atoms. The SMILES string of the molecule is COc1cc(C(=O)/C=C/c2cc(OC)c(OC)c(OC)c2Br)ccc1OCc1ccccc1. The third-order valence-electron chi connectivity index (χ3n) is 4.90. The topological polar surface area (TPSA) is 63.2 Å². The second-order valence-corrected chi connectivity index (χ2v) is 7.68. The van der Waals surface area contributed by atoms with E-state index in [-0.39, 0.29) is 5.78 Å². The summed E-state index contributed by atoms with van der Waals surface area (Å²) in [6, 6.07) is 16.7. The standard InChI is InChI=1S/C26H25BrO6/c1-29-22-14-18(11-13-21(22)33-16-17-8-6-5-7-9-17)20(28)12-10-19-15-23(30-2)25(31-3)26(32-4)24(19)27/h5-15H,16H2,1-4H3/b12-10+. The third-order valence-corrected chi connectivity index (χ3v) is 5.72. The van der Waals surface area contributed by atoms with Crippen molar-refractivity contribution < 1.29 is 28.5 Å². The molecule has 0 bridgehead atoms. The van der Waals surface area contributed by atoms with E-state index in [0.717, 1.165) is 5.56 Å². The minimum atomic E-state index is -0.191. The van der Waals surface area contributed by atoms with Crippen LogP contribution in [0.3, 0.4) is 0 Å². The number of allylic oxidation sites excluding steroid dienone is 1. The molecule has 0 saturated heterocycles. The van der Waals surface area contributed by atoms with Gasteiger partial charge in [-0.2, -0.15) is 0 Å². The van der Waals surface area contributed by atoms with Crippen LogP contribution in [0, 0.1) is 0 Å². The van der Waals surface area contributed by atoms with Crippen LogP contribution in [0.1, 0.15) is 21.5 Å². The molecular formula is C26H25BrO6. The first-order valence-electron chi connectivity index (χ1n) is 10.1. The first-order chi connectivity index (χ1) is 16.0. The number of methoxy groups -OCH3 is 4. The molecule has 3 aromatic rings. The second-order valence-electron chi connectivity index (χ2n) is 6.89. The van der Waals surface area contributed by atoms with Crippen molar-refractivity contribution >= 4 is 27.8 Å². The Morgan fingerprint density at radius 2 is 1.52 bits per heavy atom. The van der Waals surface area contributed by atoms with Crippen LogP contribution in [0.15, 0.2) is 65.1 Å². The van der Waals surface area contributed by atoms with Crippen molar-refractivity contribution in [1.29, 1.82) is 0 Å². The number of halogens is 1. The molecule has 6 nitrogen and oxygen atoms in total. The van der Waals surface area contributed by atoms with Crippen LogP contribution < -0.4 is 23.7 Å². The monoisotopic (exact) mass is 512 g/mol. The lowest BCUT2D eigenvalue weighted by molar-refractivity contribution is 0.104. The van der Waals surface area contributed by atoms with Crippen molar-refractivity contribution in [2.45, 2.75) is 6.61 Å². The minimum absolute atomic E-state index is 0.191. The predicted molar refractivity (Wildman–Crippen MR) is 131 cm³/mol. The van der Waals surface area contributed by atoms with Gasteiger partial charge in [-0.3, -0.25) is 4.79 Å². The van der Waals surface area contributed by atoms with Crippen molar-refractivity contribution in [2.75, 3.05) is 28.4 Å². The molecular weight excluding hydrogens is 488 g/mol. The summed E-state index contributed by atoms with van der Waals surface area (Å²) in [5.74, 6) is 2.29. The van der Waals surface area contributed by atoms with Crippen molar-refractivity contribution in [3.63, 3.8) is 0 Å². The van der Waals surface area contributed by atoms with Crippen LogP contribution in [0.2, 0.25) is 0 Å². The van der Waals surface area contributed by atoms with E-state index in [1.54, 1.807) is 37.5 Å². The number of carbonyl (C=O) groups excluding carboxylic acids is 1.